The van der Waals surface area contributed by atoms with Gasteiger partial charge < -0.3 is 10.2 Å². The summed E-state index contributed by atoms with van der Waals surface area (Å²) >= 11 is 1.68. The van der Waals surface area contributed by atoms with Gasteiger partial charge in [0.1, 0.15) is 5.54 Å². The number of carbonyl (C=O) groups is 3. The second kappa shape index (κ2) is 9.77. The van der Waals surface area contributed by atoms with Crippen LogP contribution in [0.15, 0.2) is 59.5 Å². The van der Waals surface area contributed by atoms with E-state index in [0.29, 0.717) is 45.2 Å². The third-order valence-electron chi connectivity index (χ3n) is 6.68. The van der Waals surface area contributed by atoms with Crippen molar-refractivity contribution in [3.8, 4) is 0 Å². The highest BCUT2D eigenvalue weighted by atomic mass is 32.2. The maximum atomic E-state index is 12.9. The lowest BCUT2D eigenvalue weighted by Gasteiger charge is -2.40. The molecule has 2 heterocycles. The number of thioether (sulfide) groups is 1. The van der Waals surface area contributed by atoms with E-state index in [-0.39, 0.29) is 17.7 Å². The summed E-state index contributed by atoms with van der Waals surface area (Å²) in [4.78, 5) is 40.8. The fourth-order valence-corrected chi connectivity index (χ4v) is 5.22. The molecule has 2 aromatic rings. The molecular weight excluding hydrogens is 422 g/mol. The fraction of sp³-hybridized carbons (Fsp3) is 0.400. The zero-order valence-electron chi connectivity index (χ0n) is 18.3. The normalized spacial score (nSPS) is 21.3. The van der Waals surface area contributed by atoms with E-state index >= 15 is 0 Å². The number of rotatable bonds is 7. The van der Waals surface area contributed by atoms with Crippen molar-refractivity contribution in [3.63, 3.8) is 0 Å². The zero-order valence-corrected chi connectivity index (χ0v) is 19.1. The molecule has 6 nitrogen and oxygen atoms in total. The molecule has 1 atom stereocenters. The Kier molecular flexibility index (Phi) is 6.84. The molecule has 168 valence electrons. The van der Waals surface area contributed by atoms with Crippen molar-refractivity contribution in [2.24, 2.45) is 5.92 Å². The van der Waals surface area contributed by atoms with Crippen LogP contribution in [0.3, 0.4) is 0 Å². The average molecular weight is 452 g/mol. The molecule has 2 aliphatic heterocycles. The van der Waals surface area contributed by atoms with E-state index in [1.54, 1.807) is 11.8 Å². The van der Waals surface area contributed by atoms with Crippen molar-refractivity contribution in [1.29, 1.82) is 0 Å². The topological polar surface area (TPSA) is 78.5 Å². The first-order valence-electron chi connectivity index (χ1n) is 11.1. The van der Waals surface area contributed by atoms with Gasteiger partial charge in [0, 0.05) is 18.0 Å². The average Bonchev–Trinajstić information content (AvgIpc) is 3.12. The summed E-state index contributed by atoms with van der Waals surface area (Å²) in [6.45, 7) is 1.20. The van der Waals surface area contributed by atoms with Crippen LogP contribution in [0.2, 0.25) is 0 Å². The van der Waals surface area contributed by atoms with E-state index in [1.807, 2.05) is 65.8 Å². The molecule has 0 saturated carbocycles. The van der Waals surface area contributed by atoms with Crippen molar-refractivity contribution in [2.45, 2.75) is 42.5 Å². The zero-order chi connectivity index (χ0) is 22.6. The van der Waals surface area contributed by atoms with Gasteiger partial charge in [-0.05, 0) is 61.1 Å². The maximum Gasteiger partial charge on any atom is 0.322 e. The Hall–Kier alpha value is -2.80. The van der Waals surface area contributed by atoms with Crippen LogP contribution in [0.4, 0.5) is 4.79 Å². The second-order valence-electron chi connectivity index (χ2n) is 8.55. The predicted molar refractivity (Wildman–Crippen MR) is 125 cm³/mol. The molecule has 0 aromatic heterocycles. The minimum atomic E-state index is -0.907. The molecule has 2 aliphatic rings. The lowest BCUT2D eigenvalue weighted by molar-refractivity contribution is -0.133. The van der Waals surface area contributed by atoms with Gasteiger partial charge in [0.15, 0.2) is 0 Å². The van der Waals surface area contributed by atoms with E-state index in [4.69, 9.17) is 0 Å². The molecule has 0 aliphatic carbocycles. The summed E-state index contributed by atoms with van der Waals surface area (Å²) < 4.78 is 0. The van der Waals surface area contributed by atoms with Crippen LogP contribution in [-0.2, 0) is 22.4 Å². The van der Waals surface area contributed by atoms with Gasteiger partial charge in [-0.15, -0.1) is 11.8 Å². The van der Waals surface area contributed by atoms with Crippen LogP contribution in [0.25, 0.3) is 0 Å². The SMILES string of the molecule is CSc1ccc(CC(=O)N2CCC(C3(CCc4ccccc4)NC(=O)NC3=O)CC2)cc1. The minimum Gasteiger partial charge on any atom is -0.342 e. The number of hydrogen-bond donors (Lipinski definition) is 2. The largest absolute Gasteiger partial charge is 0.342 e. The van der Waals surface area contributed by atoms with Gasteiger partial charge in [0.25, 0.3) is 5.91 Å². The van der Waals surface area contributed by atoms with E-state index < -0.39 is 11.6 Å². The number of nitrogens with zero attached hydrogens (tertiary/aromatic N) is 1. The number of hydrogen-bond acceptors (Lipinski definition) is 4. The van der Waals surface area contributed by atoms with Gasteiger partial charge in [0.05, 0.1) is 6.42 Å². The number of piperidine rings is 1. The highest BCUT2D eigenvalue weighted by Gasteiger charge is 2.51. The Labute approximate surface area is 193 Å². The standard InChI is InChI=1S/C25H29N3O3S/c1-32-21-9-7-19(8-10-21)17-22(29)28-15-12-20(13-16-28)25(23(30)26-24(31)27-25)14-11-18-5-3-2-4-6-18/h2-10,20H,11-17H2,1H3,(H2,26,27,30,31). The first kappa shape index (κ1) is 22.4. The molecule has 1 unspecified atom stereocenters. The summed E-state index contributed by atoms with van der Waals surface area (Å²) in [7, 11) is 0. The summed E-state index contributed by atoms with van der Waals surface area (Å²) in [5.41, 5.74) is 1.24. The smallest absolute Gasteiger partial charge is 0.322 e. The predicted octanol–water partition coefficient (Wildman–Crippen LogP) is 3.40. The summed E-state index contributed by atoms with van der Waals surface area (Å²) in [5, 5.41) is 5.39. The quantitative estimate of drug-likeness (QED) is 0.500. The molecule has 2 saturated heterocycles. The second-order valence-corrected chi connectivity index (χ2v) is 9.42. The van der Waals surface area contributed by atoms with E-state index in [0.717, 1.165) is 11.1 Å². The number of benzene rings is 2. The molecule has 32 heavy (non-hydrogen) atoms. The van der Waals surface area contributed by atoms with Crippen LogP contribution in [0, 0.1) is 5.92 Å². The minimum absolute atomic E-state index is 0.00238. The number of likely N-dealkylation sites (tertiary alicyclic amines) is 1. The summed E-state index contributed by atoms with van der Waals surface area (Å²) in [6, 6.07) is 17.7. The number of aryl methyl sites for hydroxylation is 1. The van der Waals surface area contributed by atoms with Crippen LogP contribution in [0.5, 0.6) is 0 Å². The molecule has 4 amide bonds. The van der Waals surface area contributed by atoms with Crippen LogP contribution >= 0.6 is 11.8 Å². The molecule has 2 fully saturated rings. The summed E-state index contributed by atoms with van der Waals surface area (Å²) in [5.74, 6) is -0.127. The van der Waals surface area contributed by atoms with Crippen molar-refractivity contribution in [2.75, 3.05) is 19.3 Å². The molecule has 4 rings (SSSR count). The van der Waals surface area contributed by atoms with E-state index in [1.165, 1.54) is 4.90 Å². The Bertz CT molecular complexity index is 972. The third-order valence-corrected chi connectivity index (χ3v) is 7.42. The van der Waals surface area contributed by atoms with E-state index in [2.05, 4.69) is 10.6 Å². The molecule has 0 bridgehead atoms. The number of nitrogens with one attached hydrogen (secondary N) is 2. The Morgan fingerprint density at radius 3 is 2.31 bits per heavy atom. The Morgan fingerprint density at radius 1 is 1.03 bits per heavy atom. The van der Waals surface area contributed by atoms with Crippen LogP contribution < -0.4 is 10.6 Å². The molecule has 0 spiro atoms. The van der Waals surface area contributed by atoms with Crippen LogP contribution in [0.1, 0.15) is 30.4 Å². The van der Waals surface area contributed by atoms with Gasteiger partial charge in [-0.1, -0.05) is 42.5 Å². The van der Waals surface area contributed by atoms with Crippen molar-refractivity contribution in [3.05, 3.63) is 65.7 Å². The first-order valence-corrected chi connectivity index (χ1v) is 12.3. The lowest BCUT2D eigenvalue weighted by Crippen LogP contribution is -2.56. The molecule has 0 radical (unpaired) electrons. The van der Waals surface area contributed by atoms with E-state index in [9.17, 15) is 14.4 Å². The fourth-order valence-electron chi connectivity index (χ4n) is 4.81. The number of amides is 4. The van der Waals surface area contributed by atoms with Gasteiger partial charge in [-0.25, -0.2) is 4.79 Å². The van der Waals surface area contributed by atoms with Gasteiger partial charge in [-0.3, -0.25) is 14.9 Å². The number of urea groups is 1. The van der Waals surface area contributed by atoms with Gasteiger partial charge >= 0.3 is 6.03 Å². The molecular formula is C25H29N3O3S. The van der Waals surface area contributed by atoms with Crippen molar-refractivity contribution >= 4 is 29.6 Å². The van der Waals surface area contributed by atoms with Crippen molar-refractivity contribution in [1.82, 2.24) is 15.5 Å². The first-order chi connectivity index (χ1) is 15.5. The van der Waals surface area contributed by atoms with Crippen molar-refractivity contribution < 1.29 is 14.4 Å². The molecule has 2 N–H and O–H groups in total. The Morgan fingerprint density at radius 2 is 1.72 bits per heavy atom. The Balaban J connectivity index is 1.39. The van der Waals surface area contributed by atoms with Gasteiger partial charge in [-0.2, -0.15) is 0 Å². The highest BCUT2D eigenvalue weighted by Crippen LogP contribution is 2.35. The number of imide groups is 1. The van der Waals surface area contributed by atoms with Gasteiger partial charge in [0.2, 0.25) is 5.91 Å². The number of carbonyl (C=O) groups excluding carboxylic acids is 3. The molecule has 2 aromatic carbocycles. The molecule has 7 heteroatoms. The maximum absolute atomic E-state index is 12.9. The lowest BCUT2D eigenvalue weighted by atomic mass is 9.74. The van der Waals surface area contributed by atoms with Crippen LogP contribution in [-0.4, -0.2) is 47.6 Å². The monoisotopic (exact) mass is 451 g/mol. The highest BCUT2D eigenvalue weighted by molar-refractivity contribution is 7.98. The third kappa shape index (κ3) is 4.83. The summed E-state index contributed by atoms with van der Waals surface area (Å²) in [6.07, 6.45) is 5.06.